The van der Waals surface area contributed by atoms with Crippen LogP contribution in [0, 0.1) is 0 Å². The first kappa shape index (κ1) is 13.8. The van der Waals surface area contributed by atoms with E-state index in [1.165, 1.54) is 0 Å². The Bertz CT molecular complexity index is 227. The molecule has 86 valence electrons. The van der Waals surface area contributed by atoms with Gasteiger partial charge < -0.3 is 9.47 Å². The summed E-state index contributed by atoms with van der Waals surface area (Å²) >= 11 is 0. The number of hydrogen-bond acceptors (Lipinski definition) is 4. The van der Waals surface area contributed by atoms with Crippen LogP contribution in [0.25, 0.3) is 0 Å². The normalized spacial score (nSPS) is 14.2. The number of sulfonamides is 1. The van der Waals surface area contributed by atoms with Crippen LogP contribution in [0.1, 0.15) is 13.8 Å². The zero-order chi connectivity index (χ0) is 11.0. The first-order valence-corrected chi connectivity index (χ1v) is 6.25. The second-order valence-electron chi connectivity index (χ2n) is 2.91. The quantitative estimate of drug-likeness (QED) is 0.590. The predicted molar refractivity (Wildman–Crippen MR) is 54.8 cm³/mol. The fourth-order valence-corrected chi connectivity index (χ4v) is 1.68. The monoisotopic (exact) mass is 225 g/mol. The summed E-state index contributed by atoms with van der Waals surface area (Å²) in [5, 5.41) is 0. The van der Waals surface area contributed by atoms with E-state index in [9.17, 15) is 8.42 Å². The Morgan fingerprint density at radius 1 is 1.43 bits per heavy atom. The Morgan fingerprint density at radius 3 is 2.57 bits per heavy atom. The van der Waals surface area contributed by atoms with E-state index in [1.54, 1.807) is 14.0 Å². The molecule has 14 heavy (non-hydrogen) atoms. The van der Waals surface area contributed by atoms with Gasteiger partial charge in [-0.15, -0.1) is 0 Å². The second kappa shape index (κ2) is 7.17. The standard InChI is InChI=1S/C8H19NO4S/c1-4-13-5-6-14(10,11)9-7-8(2)12-3/h8-9H,4-7H2,1-3H3. The number of methoxy groups -OCH3 is 1. The van der Waals surface area contributed by atoms with Gasteiger partial charge >= 0.3 is 0 Å². The van der Waals surface area contributed by atoms with Gasteiger partial charge in [-0.25, -0.2) is 13.1 Å². The fourth-order valence-electron chi connectivity index (χ4n) is 0.713. The summed E-state index contributed by atoms with van der Waals surface area (Å²) in [6, 6.07) is 0. The van der Waals surface area contributed by atoms with Crippen molar-refractivity contribution >= 4 is 10.0 Å². The van der Waals surface area contributed by atoms with Crippen LogP contribution >= 0.6 is 0 Å². The van der Waals surface area contributed by atoms with Gasteiger partial charge in [0.1, 0.15) is 0 Å². The van der Waals surface area contributed by atoms with Crippen molar-refractivity contribution < 1.29 is 17.9 Å². The molecule has 0 aliphatic rings. The van der Waals surface area contributed by atoms with Gasteiger partial charge in [0.25, 0.3) is 0 Å². The summed E-state index contributed by atoms with van der Waals surface area (Å²) in [5.41, 5.74) is 0. The largest absolute Gasteiger partial charge is 0.381 e. The Balaban J connectivity index is 3.73. The van der Waals surface area contributed by atoms with Gasteiger partial charge in [-0.2, -0.15) is 0 Å². The van der Waals surface area contributed by atoms with E-state index >= 15 is 0 Å². The predicted octanol–water partition coefficient (Wildman–Crippen LogP) is -0.0228. The highest BCUT2D eigenvalue weighted by Gasteiger charge is 2.11. The molecule has 0 radical (unpaired) electrons. The Kier molecular flexibility index (Phi) is 7.08. The van der Waals surface area contributed by atoms with E-state index in [2.05, 4.69) is 4.72 Å². The van der Waals surface area contributed by atoms with Crippen molar-refractivity contribution in [1.29, 1.82) is 0 Å². The highest BCUT2D eigenvalue weighted by molar-refractivity contribution is 7.89. The number of ether oxygens (including phenoxy) is 2. The van der Waals surface area contributed by atoms with Crippen molar-refractivity contribution in [2.24, 2.45) is 0 Å². The molecular weight excluding hydrogens is 206 g/mol. The van der Waals surface area contributed by atoms with Crippen molar-refractivity contribution in [3.05, 3.63) is 0 Å². The molecule has 0 saturated carbocycles. The maximum Gasteiger partial charge on any atom is 0.213 e. The molecule has 0 amide bonds. The molecule has 6 heteroatoms. The molecule has 0 fully saturated rings. The molecule has 1 atom stereocenters. The van der Waals surface area contributed by atoms with Crippen molar-refractivity contribution in [3.63, 3.8) is 0 Å². The van der Waals surface area contributed by atoms with Crippen LogP contribution in [0.15, 0.2) is 0 Å². The molecule has 1 N–H and O–H groups in total. The lowest BCUT2D eigenvalue weighted by atomic mass is 10.4. The molecule has 0 aromatic heterocycles. The molecule has 0 spiro atoms. The van der Waals surface area contributed by atoms with Crippen molar-refractivity contribution in [2.45, 2.75) is 20.0 Å². The SMILES string of the molecule is CCOCCS(=O)(=O)NCC(C)OC. The third-order valence-electron chi connectivity index (χ3n) is 1.69. The van der Waals surface area contributed by atoms with Gasteiger partial charge in [-0.1, -0.05) is 0 Å². The minimum absolute atomic E-state index is 0.00270. The van der Waals surface area contributed by atoms with E-state index in [1.807, 2.05) is 6.92 Å². The molecule has 0 rings (SSSR count). The number of rotatable bonds is 8. The van der Waals surface area contributed by atoms with Gasteiger partial charge in [0.15, 0.2) is 0 Å². The summed E-state index contributed by atoms with van der Waals surface area (Å²) in [5.74, 6) is -0.00270. The van der Waals surface area contributed by atoms with Crippen LogP contribution in [0.4, 0.5) is 0 Å². The zero-order valence-corrected chi connectivity index (χ0v) is 9.76. The Morgan fingerprint density at radius 2 is 2.07 bits per heavy atom. The Hall–Kier alpha value is -0.170. The van der Waals surface area contributed by atoms with Crippen LogP contribution in [0.3, 0.4) is 0 Å². The number of hydrogen-bond donors (Lipinski definition) is 1. The van der Waals surface area contributed by atoms with Crippen molar-refractivity contribution in [1.82, 2.24) is 4.72 Å². The summed E-state index contributed by atoms with van der Waals surface area (Å²) in [7, 11) is -1.67. The molecule has 0 saturated heterocycles. The first-order chi connectivity index (χ1) is 6.52. The van der Waals surface area contributed by atoms with E-state index in [4.69, 9.17) is 9.47 Å². The van der Waals surface area contributed by atoms with Crippen LogP contribution < -0.4 is 4.72 Å². The smallest absolute Gasteiger partial charge is 0.213 e. The Labute approximate surface area is 85.8 Å². The topological polar surface area (TPSA) is 64.6 Å². The molecule has 0 aliphatic heterocycles. The first-order valence-electron chi connectivity index (χ1n) is 4.59. The third kappa shape index (κ3) is 7.25. The van der Waals surface area contributed by atoms with Gasteiger partial charge in [0, 0.05) is 20.3 Å². The van der Waals surface area contributed by atoms with Crippen LogP contribution in [0.2, 0.25) is 0 Å². The van der Waals surface area contributed by atoms with E-state index < -0.39 is 10.0 Å². The summed E-state index contributed by atoms with van der Waals surface area (Å²) in [6.07, 6.45) is -0.114. The van der Waals surface area contributed by atoms with E-state index in [0.29, 0.717) is 13.2 Å². The molecular formula is C8H19NO4S. The van der Waals surface area contributed by atoms with Gasteiger partial charge in [-0.05, 0) is 13.8 Å². The summed E-state index contributed by atoms with van der Waals surface area (Å²) < 4.78 is 34.9. The van der Waals surface area contributed by atoms with E-state index in [-0.39, 0.29) is 18.5 Å². The lowest BCUT2D eigenvalue weighted by Gasteiger charge is -2.11. The highest BCUT2D eigenvalue weighted by Crippen LogP contribution is 1.89. The highest BCUT2D eigenvalue weighted by atomic mass is 32.2. The van der Waals surface area contributed by atoms with Gasteiger partial charge in [0.2, 0.25) is 10.0 Å². The zero-order valence-electron chi connectivity index (χ0n) is 8.95. The summed E-state index contributed by atoms with van der Waals surface area (Å²) in [6.45, 7) is 4.68. The van der Waals surface area contributed by atoms with Crippen molar-refractivity contribution in [3.8, 4) is 0 Å². The minimum Gasteiger partial charge on any atom is -0.381 e. The van der Waals surface area contributed by atoms with Gasteiger partial charge in [-0.3, -0.25) is 0 Å². The van der Waals surface area contributed by atoms with E-state index in [0.717, 1.165) is 0 Å². The molecule has 5 nitrogen and oxygen atoms in total. The second-order valence-corrected chi connectivity index (χ2v) is 4.84. The molecule has 0 heterocycles. The van der Waals surface area contributed by atoms with Crippen LogP contribution in [-0.4, -0.2) is 47.1 Å². The van der Waals surface area contributed by atoms with Crippen LogP contribution in [0.5, 0.6) is 0 Å². The van der Waals surface area contributed by atoms with Gasteiger partial charge in [0.05, 0.1) is 18.5 Å². The minimum atomic E-state index is -3.21. The molecule has 0 aromatic rings. The molecule has 0 aromatic carbocycles. The number of nitrogens with one attached hydrogen (secondary N) is 1. The fraction of sp³-hybridized carbons (Fsp3) is 1.00. The summed E-state index contributed by atoms with van der Waals surface area (Å²) in [4.78, 5) is 0. The maximum absolute atomic E-state index is 11.3. The van der Waals surface area contributed by atoms with Crippen LogP contribution in [-0.2, 0) is 19.5 Å². The average Bonchev–Trinajstić information content (AvgIpc) is 2.14. The molecule has 0 aliphatic carbocycles. The lowest BCUT2D eigenvalue weighted by Crippen LogP contribution is -2.34. The molecule has 0 bridgehead atoms. The average molecular weight is 225 g/mol. The lowest BCUT2D eigenvalue weighted by molar-refractivity contribution is 0.122. The third-order valence-corrected chi connectivity index (χ3v) is 3.00. The molecule has 1 unspecified atom stereocenters. The van der Waals surface area contributed by atoms with Crippen molar-refractivity contribution in [2.75, 3.05) is 32.6 Å². The maximum atomic E-state index is 11.3.